The summed E-state index contributed by atoms with van der Waals surface area (Å²) in [6.07, 6.45) is -16.6. The Morgan fingerprint density at radius 3 is 1.93 bits per heavy atom. The summed E-state index contributed by atoms with van der Waals surface area (Å²) in [5.41, 5.74) is 0. The van der Waals surface area contributed by atoms with E-state index in [0.717, 1.165) is 6.92 Å². The Bertz CT molecular complexity index is 1400. The topological polar surface area (TPSA) is 352 Å². The van der Waals surface area contributed by atoms with Gasteiger partial charge < -0.3 is 39.0 Å². The van der Waals surface area contributed by atoms with Gasteiger partial charge in [-0.15, -0.1) is 0 Å². The van der Waals surface area contributed by atoms with E-state index in [-0.39, 0.29) is 0 Å². The van der Waals surface area contributed by atoms with E-state index in [1.54, 1.807) is 0 Å². The Hall–Kier alpha value is -2.76. The number of carbonyl (C=O) groups excluding carboxylic acids is 2. The molecule has 7 N–H and O–H groups in total. The SMILES string of the molecule is CC(=O)O[C@H]1[C@H](O[C@@H]2OC(C(=O)O)=C(O)[C@H](OC(C)=O)[C@H]2OS(=O)(=O)O)[C@@H](COS(=O)(=O)O)OC(O)[C@@H]1NS(=O)(=O)O. The minimum Gasteiger partial charge on any atom is -0.505 e. The second-order valence-corrected chi connectivity index (χ2v) is 11.4. The molecule has 2 aliphatic heterocycles. The predicted octanol–water partition coefficient (Wildman–Crippen LogP) is -4.07. The number of carboxylic acid groups (broad SMARTS) is 1. The molecule has 2 aliphatic rings. The zero-order valence-electron chi connectivity index (χ0n) is 20.8. The molecular weight excluding hydrogens is 654 g/mol. The van der Waals surface area contributed by atoms with E-state index >= 15 is 0 Å². The number of rotatable bonds is 12. The third-order valence-corrected chi connectivity index (χ3v) is 6.42. The van der Waals surface area contributed by atoms with Gasteiger partial charge in [0.15, 0.2) is 30.4 Å². The van der Waals surface area contributed by atoms with Gasteiger partial charge in [0, 0.05) is 13.8 Å². The van der Waals surface area contributed by atoms with Crippen LogP contribution in [0, 0.1) is 0 Å². The van der Waals surface area contributed by atoms with Crippen LogP contribution in [0.3, 0.4) is 0 Å². The Labute approximate surface area is 235 Å². The highest BCUT2D eigenvalue weighted by molar-refractivity contribution is 7.83. The second kappa shape index (κ2) is 13.3. The fraction of sp³-hybridized carbons (Fsp3) is 0.688. The van der Waals surface area contributed by atoms with Crippen LogP contribution in [0.15, 0.2) is 11.5 Å². The number of aliphatic carboxylic acids is 1. The van der Waals surface area contributed by atoms with Crippen LogP contribution in [0.4, 0.5) is 0 Å². The van der Waals surface area contributed by atoms with Gasteiger partial charge in [-0.3, -0.25) is 23.2 Å². The van der Waals surface area contributed by atoms with Gasteiger partial charge >= 0.3 is 49.0 Å². The predicted molar refractivity (Wildman–Crippen MR) is 121 cm³/mol. The average Bonchev–Trinajstić information content (AvgIpc) is 2.77. The minimum atomic E-state index is -5.60. The third-order valence-electron chi connectivity index (χ3n) is 4.95. The van der Waals surface area contributed by atoms with Gasteiger partial charge in [0.2, 0.25) is 12.0 Å². The smallest absolute Gasteiger partial charge is 0.397 e. The first-order valence-electron chi connectivity index (χ1n) is 10.7. The Morgan fingerprint density at radius 1 is 0.905 bits per heavy atom. The molecule has 0 amide bonds. The maximum Gasteiger partial charge on any atom is 0.397 e. The molecule has 242 valence electrons. The van der Waals surface area contributed by atoms with Crippen LogP contribution in [0.5, 0.6) is 0 Å². The van der Waals surface area contributed by atoms with Crippen molar-refractivity contribution in [1.82, 2.24) is 4.72 Å². The summed E-state index contributed by atoms with van der Waals surface area (Å²) in [6, 6.07) is -2.23. The molecule has 0 spiro atoms. The monoisotopic (exact) mass is 677 g/mol. The van der Waals surface area contributed by atoms with Crippen molar-refractivity contribution >= 4 is 49.0 Å². The van der Waals surface area contributed by atoms with Crippen molar-refractivity contribution in [1.29, 1.82) is 0 Å². The maximum atomic E-state index is 11.8. The lowest BCUT2D eigenvalue weighted by Crippen LogP contribution is -2.67. The summed E-state index contributed by atoms with van der Waals surface area (Å²) in [5, 5.41) is 30.0. The molecule has 0 saturated carbocycles. The van der Waals surface area contributed by atoms with Crippen molar-refractivity contribution in [2.45, 2.75) is 63.0 Å². The molecule has 0 aromatic carbocycles. The lowest BCUT2D eigenvalue weighted by Gasteiger charge is -2.45. The highest BCUT2D eigenvalue weighted by Crippen LogP contribution is 2.34. The maximum absolute atomic E-state index is 11.8. The standard InChI is InChI=1S/C16H23NO22S3/c1-4(18)34-10-7(17-40(24,25)26)15(23)36-6(3-33-41(27,28)29)9(10)37-16-13(39-42(30,31)32)11(35-5(2)19)8(20)12(38-16)14(21)22/h6-7,9-11,13,15-17,20,23H,3H2,1-2H3,(H,21,22)(H,24,25,26)(H,27,28,29)(H,30,31,32)/t6-,7-,9-,10-,11+,13-,15?,16-/m1/s1. The van der Waals surface area contributed by atoms with E-state index < -0.39 is 116 Å². The third kappa shape index (κ3) is 10.2. The summed E-state index contributed by atoms with van der Waals surface area (Å²) in [7, 11) is -16.1. The molecule has 0 radical (unpaired) electrons. The second-order valence-electron chi connectivity index (χ2n) is 8.10. The molecule has 23 nitrogen and oxygen atoms in total. The number of aliphatic hydroxyl groups excluding tert-OH is 2. The van der Waals surface area contributed by atoms with Crippen LogP contribution in [0.1, 0.15) is 13.8 Å². The van der Waals surface area contributed by atoms with Gasteiger partial charge in [0.1, 0.15) is 18.2 Å². The normalized spacial score (nSPS) is 30.7. The highest BCUT2D eigenvalue weighted by Gasteiger charge is 2.55. The molecule has 26 heteroatoms. The van der Waals surface area contributed by atoms with E-state index in [4.69, 9.17) is 23.5 Å². The number of nitrogens with one attached hydrogen (secondary N) is 1. The Kier molecular flexibility index (Phi) is 11.2. The summed E-state index contributed by atoms with van der Waals surface area (Å²) < 4.78 is 131. The number of carbonyl (C=O) groups is 3. The van der Waals surface area contributed by atoms with Gasteiger partial charge in [-0.05, 0) is 0 Å². The summed E-state index contributed by atoms with van der Waals surface area (Å²) >= 11 is 0. The van der Waals surface area contributed by atoms with Gasteiger partial charge in [0.05, 0.1) is 6.61 Å². The number of esters is 2. The van der Waals surface area contributed by atoms with E-state index in [1.807, 2.05) is 0 Å². The molecule has 0 aliphatic carbocycles. The number of hydrogen-bond donors (Lipinski definition) is 7. The van der Waals surface area contributed by atoms with Gasteiger partial charge in [-0.25, -0.2) is 13.2 Å². The molecule has 2 heterocycles. The molecule has 2 rings (SSSR count). The Balaban J connectivity index is 2.72. The zero-order chi connectivity index (χ0) is 32.4. The van der Waals surface area contributed by atoms with Crippen LogP contribution in [0.2, 0.25) is 0 Å². The number of ether oxygens (including phenoxy) is 5. The lowest BCUT2D eigenvalue weighted by molar-refractivity contribution is -0.307. The van der Waals surface area contributed by atoms with Crippen LogP contribution in [-0.4, -0.2) is 128 Å². The molecule has 0 aromatic heterocycles. The van der Waals surface area contributed by atoms with Crippen molar-refractivity contribution in [2.24, 2.45) is 0 Å². The molecule has 0 bridgehead atoms. The summed E-state index contributed by atoms with van der Waals surface area (Å²) in [6.45, 7) is 0.0904. The summed E-state index contributed by atoms with van der Waals surface area (Å²) in [5.74, 6) is -7.60. The Morgan fingerprint density at radius 2 is 1.48 bits per heavy atom. The molecule has 8 atom stereocenters. The van der Waals surface area contributed by atoms with Gasteiger partial charge in [-0.2, -0.15) is 30.0 Å². The van der Waals surface area contributed by atoms with E-state index in [2.05, 4.69) is 13.1 Å². The first-order valence-corrected chi connectivity index (χ1v) is 14.8. The van der Waals surface area contributed by atoms with Crippen molar-refractivity contribution in [3.05, 3.63) is 11.5 Å². The molecule has 0 aromatic rings. The van der Waals surface area contributed by atoms with Crippen LogP contribution >= 0.6 is 0 Å². The van der Waals surface area contributed by atoms with Crippen molar-refractivity contribution in [3.8, 4) is 0 Å². The fourth-order valence-corrected chi connectivity index (χ4v) is 5.00. The van der Waals surface area contributed by atoms with Crippen LogP contribution < -0.4 is 4.72 Å². The van der Waals surface area contributed by atoms with Gasteiger partial charge in [0.25, 0.3) is 0 Å². The number of aliphatic hydroxyl groups is 2. The highest BCUT2D eigenvalue weighted by atomic mass is 32.3. The van der Waals surface area contributed by atoms with Crippen LogP contribution in [-0.2, 0) is 77.5 Å². The molecule has 42 heavy (non-hydrogen) atoms. The molecular formula is C16H23NO22S3. The van der Waals surface area contributed by atoms with E-state index in [9.17, 15) is 64.1 Å². The lowest BCUT2D eigenvalue weighted by atomic mass is 9.96. The van der Waals surface area contributed by atoms with Gasteiger partial charge in [-0.1, -0.05) is 0 Å². The van der Waals surface area contributed by atoms with Crippen molar-refractivity contribution < 1.29 is 101 Å². The molecule has 1 unspecified atom stereocenters. The fourth-order valence-electron chi connectivity index (χ4n) is 3.63. The molecule has 1 fully saturated rings. The largest absolute Gasteiger partial charge is 0.505 e. The van der Waals surface area contributed by atoms with Crippen molar-refractivity contribution in [3.63, 3.8) is 0 Å². The van der Waals surface area contributed by atoms with Crippen molar-refractivity contribution in [2.75, 3.05) is 6.61 Å². The van der Waals surface area contributed by atoms with E-state index in [1.165, 1.54) is 4.72 Å². The van der Waals surface area contributed by atoms with E-state index in [0.29, 0.717) is 6.92 Å². The zero-order valence-corrected chi connectivity index (χ0v) is 23.2. The first kappa shape index (κ1) is 35.4. The average molecular weight is 678 g/mol. The van der Waals surface area contributed by atoms with Crippen LogP contribution in [0.25, 0.3) is 0 Å². The number of carboxylic acids is 1. The number of hydrogen-bond acceptors (Lipinski definition) is 18. The first-order chi connectivity index (χ1) is 19.0. The minimum absolute atomic E-state index is 0.713. The molecule has 1 saturated heterocycles. The summed E-state index contributed by atoms with van der Waals surface area (Å²) in [4.78, 5) is 35.1. The quantitative estimate of drug-likeness (QED) is 0.0762.